The van der Waals surface area contributed by atoms with Gasteiger partial charge in [0.05, 0.1) is 12.3 Å². The molecule has 1 heterocycles. The Morgan fingerprint density at radius 1 is 1.56 bits per heavy atom. The first-order chi connectivity index (χ1) is 8.63. The number of amides is 1. The van der Waals surface area contributed by atoms with Crippen LogP contribution in [-0.2, 0) is 4.74 Å². The molecule has 1 aromatic heterocycles. The number of nitrogens with one attached hydrogen (secondary N) is 1. The Bertz CT molecular complexity index is 583. The van der Waals surface area contributed by atoms with Gasteiger partial charge in [-0.25, -0.2) is 0 Å². The molecule has 0 saturated heterocycles. The van der Waals surface area contributed by atoms with Gasteiger partial charge in [-0.2, -0.15) is 0 Å². The summed E-state index contributed by atoms with van der Waals surface area (Å²) >= 11 is 4.80. The molecule has 0 fully saturated rings. The fraction of sp³-hybridized carbons (Fsp3) is 0.250. The van der Waals surface area contributed by atoms with Crippen LogP contribution in [0.15, 0.2) is 22.7 Å². The van der Waals surface area contributed by atoms with Crippen LogP contribution in [0.2, 0.25) is 0 Å². The highest BCUT2D eigenvalue weighted by molar-refractivity contribution is 9.10. The molecular weight excluding hydrogens is 316 g/mol. The Hall–Kier alpha value is -1.11. The molecular formula is C12H13BrN2O2S. The van der Waals surface area contributed by atoms with E-state index in [1.54, 1.807) is 7.11 Å². The number of rotatable bonds is 4. The summed E-state index contributed by atoms with van der Waals surface area (Å²) in [6.07, 6.45) is 0. The molecule has 3 N–H and O–H groups in total. The second kappa shape index (κ2) is 5.69. The second-order valence-electron chi connectivity index (χ2n) is 3.73. The summed E-state index contributed by atoms with van der Waals surface area (Å²) in [5.41, 5.74) is 6.54. The first-order valence-corrected chi connectivity index (χ1v) is 6.99. The Balaban J connectivity index is 2.28. The molecule has 0 aliphatic rings. The van der Waals surface area contributed by atoms with Crippen LogP contribution in [0.3, 0.4) is 0 Å². The lowest BCUT2D eigenvalue weighted by Gasteiger charge is -2.02. The van der Waals surface area contributed by atoms with Crippen molar-refractivity contribution in [1.29, 1.82) is 0 Å². The number of carbonyl (C=O) groups excluding carboxylic acids is 1. The fourth-order valence-electron chi connectivity index (χ4n) is 1.61. The maximum absolute atomic E-state index is 11.9. The minimum absolute atomic E-state index is 0.151. The van der Waals surface area contributed by atoms with Gasteiger partial charge in [0, 0.05) is 28.2 Å². The standard InChI is InChI=1S/C12H13BrN2O2S/c1-17-5-4-15-12(16)11-10(14)8-3-2-7(13)6-9(8)18-11/h2-3,6H,4-5,14H2,1H3,(H,15,16). The molecule has 0 spiro atoms. The summed E-state index contributed by atoms with van der Waals surface area (Å²) in [4.78, 5) is 12.5. The zero-order valence-electron chi connectivity index (χ0n) is 9.83. The molecule has 0 bridgehead atoms. The lowest BCUT2D eigenvalue weighted by atomic mass is 10.2. The van der Waals surface area contributed by atoms with Gasteiger partial charge in [0.25, 0.3) is 5.91 Å². The number of hydrogen-bond acceptors (Lipinski definition) is 4. The number of ether oxygens (including phenoxy) is 1. The van der Waals surface area contributed by atoms with E-state index in [9.17, 15) is 4.79 Å². The number of anilines is 1. The van der Waals surface area contributed by atoms with Crippen molar-refractivity contribution >= 4 is 48.9 Å². The third kappa shape index (κ3) is 2.66. The molecule has 2 rings (SSSR count). The highest BCUT2D eigenvalue weighted by Gasteiger charge is 2.15. The van der Waals surface area contributed by atoms with Crippen molar-refractivity contribution in [2.24, 2.45) is 0 Å². The molecule has 0 atom stereocenters. The van der Waals surface area contributed by atoms with Crippen molar-refractivity contribution in [2.45, 2.75) is 0 Å². The zero-order valence-corrected chi connectivity index (χ0v) is 12.2. The predicted octanol–water partition coefficient (Wildman–Crippen LogP) is 2.62. The average molecular weight is 329 g/mol. The van der Waals surface area contributed by atoms with Crippen LogP contribution in [0.4, 0.5) is 5.69 Å². The fourth-order valence-corrected chi connectivity index (χ4v) is 3.20. The van der Waals surface area contributed by atoms with Gasteiger partial charge in [0.1, 0.15) is 4.88 Å². The number of nitrogen functional groups attached to an aromatic ring is 1. The third-order valence-electron chi connectivity index (χ3n) is 2.49. The molecule has 0 saturated carbocycles. The van der Waals surface area contributed by atoms with Gasteiger partial charge in [0.2, 0.25) is 0 Å². The maximum Gasteiger partial charge on any atom is 0.263 e. The van der Waals surface area contributed by atoms with Crippen LogP contribution in [-0.4, -0.2) is 26.2 Å². The lowest BCUT2D eigenvalue weighted by molar-refractivity contribution is 0.0942. The first kappa shape index (κ1) is 13.3. The van der Waals surface area contributed by atoms with Crippen LogP contribution in [0, 0.1) is 0 Å². The zero-order chi connectivity index (χ0) is 13.1. The van der Waals surface area contributed by atoms with E-state index in [1.165, 1.54) is 11.3 Å². The van der Waals surface area contributed by atoms with Crippen LogP contribution < -0.4 is 11.1 Å². The molecule has 0 unspecified atom stereocenters. The molecule has 1 aromatic carbocycles. The van der Waals surface area contributed by atoms with E-state index >= 15 is 0 Å². The molecule has 1 amide bonds. The van der Waals surface area contributed by atoms with E-state index < -0.39 is 0 Å². The van der Waals surface area contributed by atoms with Crippen LogP contribution >= 0.6 is 27.3 Å². The Labute approximate surface area is 117 Å². The topological polar surface area (TPSA) is 64.3 Å². The Morgan fingerprint density at radius 2 is 2.33 bits per heavy atom. The van der Waals surface area contributed by atoms with E-state index in [2.05, 4.69) is 21.2 Å². The van der Waals surface area contributed by atoms with Gasteiger partial charge in [0.15, 0.2) is 0 Å². The predicted molar refractivity (Wildman–Crippen MR) is 78.1 cm³/mol. The number of nitrogens with two attached hydrogens (primary N) is 1. The summed E-state index contributed by atoms with van der Waals surface area (Å²) in [7, 11) is 1.59. The summed E-state index contributed by atoms with van der Waals surface area (Å²) < 4.78 is 6.86. The molecule has 96 valence electrons. The molecule has 2 aromatic rings. The SMILES string of the molecule is COCCNC(=O)c1sc2cc(Br)ccc2c1N. The van der Waals surface area contributed by atoms with Gasteiger partial charge >= 0.3 is 0 Å². The smallest absolute Gasteiger partial charge is 0.263 e. The van der Waals surface area contributed by atoms with Gasteiger partial charge in [-0.05, 0) is 12.1 Å². The van der Waals surface area contributed by atoms with Gasteiger partial charge in [-0.3, -0.25) is 4.79 Å². The Morgan fingerprint density at radius 3 is 3.06 bits per heavy atom. The number of fused-ring (bicyclic) bond motifs is 1. The number of benzene rings is 1. The molecule has 4 nitrogen and oxygen atoms in total. The van der Waals surface area contributed by atoms with Crippen molar-refractivity contribution in [3.63, 3.8) is 0 Å². The highest BCUT2D eigenvalue weighted by Crippen LogP contribution is 2.35. The minimum atomic E-state index is -0.151. The minimum Gasteiger partial charge on any atom is -0.397 e. The van der Waals surface area contributed by atoms with Gasteiger partial charge < -0.3 is 15.8 Å². The van der Waals surface area contributed by atoms with Crippen LogP contribution in [0.1, 0.15) is 9.67 Å². The Kier molecular flexibility index (Phi) is 4.21. The number of thiophene rings is 1. The van der Waals surface area contributed by atoms with Crippen LogP contribution in [0.5, 0.6) is 0 Å². The van der Waals surface area contributed by atoms with E-state index in [1.807, 2.05) is 18.2 Å². The first-order valence-electron chi connectivity index (χ1n) is 5.38. The van der Waals surface area contributed by atoms with Gasteiger partial charge in [-0.15, -0.1) is 11.3 Å². The number of hydrogen-bond donors (Lipinski definition) is 2. The summed E-state index contributed by atoms with van der Waals surface area (Å²) in [5.74, 6) is -0.151. The quantitative estimate of drug-likeness (QED) is 0.848. The monoisotopic (exact) mass is 328 g/mol. The molecule has 18 heavy (non-hydrogen) atoms. The van der Waals surface area contributed by atoms with Crippen molar-refractivity contribution < 1.29 is 9.53 Å². The van der Waals surface area contributed by atoms with E-state index in [4.69, 9.17) is 10.5 Å². The van der Waals surface area contributed by atoms with Gasteiger partial charge in [-0.1, -0.05) is 22.0 Å². The largest absolute Gasteiger partial charge is 0.397 e. The third-order valence-corrected chi connectivity index (χ3v) is 4.15. The van der Waals surface area contributed by atoms with Crippen LogP contribution in [0.25, 0.3) is 10.1 Å². The van der Waals surface area contributed by atoms with Crippen molar-refractivity contribution in [3.8, 4) is 0 Å². The van der Waals surface area contributed by atoms with Crippen molar-refractivity contribution in [1.82, 2.24) is 5.32 Å². The maximum atomic E-state index is 11.9. The lowest BCUT2D eigenvalue weighted by Crippen LogP contribution is -2.26. The molecule has 0 aliphatic carbocycles. The van der Waals surface area contributed by atoms with E-state index in [0.29, 0.717) is 23.7 Å². The summed E-state index contributed by atoms with van der Waals surface area (Å²) in [6, 6.07) is 5.79. The number of halogens is 1. The second-order valence-corrected chi connectivity index (χ2v) is 5.70. The molecule has 0 radical (unpaired) electrons. The molecule has 0 aliphatic heterocycles. The number of methoxy groups -OCH3 is 1. The average Bonchev–Trinajstić information content (AvgIpc) is 2.66. The highest BCUT2D eigenvalue weighted by atomic mass is 79.9. The van der Waals surface area contributed by atoms with Crippen molar-refractivity contribution in [2.75, 3.05) is 26.0 Å². The summed E-state index contributed by atoms with van der Waals surface area (Å²) in [5, 5.41) is 3.69. The van der Waals surface area contributed by atoms with E-state index in [-0.39, 0.29) is 5.91 Å². The van der Waals surface area contributed by atoms with E-state index in [0.717, 1.165) is 14.6 Å². The molecule has 6 heteroatoms. The normalized spacial score (nSPS) is 10.8. The summed E-state index contributed by atoms with van der Waals surface area (Å²) in [6.45, 7) is 0.967. The van der Waals surface area contributed by atoms with Crippen molar-refractivity contribution in [3.05, 3.63) is 27.5 Å². The number of carbonyl (C=O) groups is 1.